The minimum atomic E-state index is -1.16. The van der Waals surface area contributed by atoms with Crippen molar-refractivity contribution in [1.29, 1.82) is 0 Å². The number of aliphatic hydroxyl groups is 1. The molecule has 0 unspecified atom stereocenters. The highest BCUT2D eigenvalue weighted by Crippen LogP contribution is 2.40. The van der Waals surface area contributed by atoms with Crippen LogP contribution in [0.25, 0.3) is 0 Å². The van der Waals surface area contributed by atoms with Gasteiger partial charge in [-0.05, 0) is 57.6 Å². The number of hydrogen-bond donors (Lipinski definition) is 2. The summed E-state index contributed by atoms with van der Waals surface area (Å²) in [5.74, 6) is -0.0812. The Kier molecular flexibility index (Phi) is 9.95. The first-order chi connectivity index (χ1) is 23.6. The summed E-state index contributed by atoms with van der Waals surface area (Å²) in [5, 5.41) is 14.5. The van der Waals surface area contributed by atoms with E-state index in [0.717, 1.165) is 39.1 Å². The smallest absolute Gasteiger partial charge is 0.244 e. The largest absolute Gasteiger partial charge is 0.376 e. The van der Waals surface area contributed by atoms with Gasteiger partial charge in [-0.3, -0.25) is 9.78 Å². The lowest BCUT2D eigenvalue weighted by Crippen LogP contribution is -2.42. The lowest BCUT2D eigenvalue weighted by molar-refractivity contribution is -0.119. The first-order valence-corrected chi connectivity index (χ1v) is 15.9. The van der Waals surface area contributed by atoms with Crippen LogP contribution >= 0.6 is 0 Å². The Morgan fingerprint density at radius 1 is 0.417 bits per heavy atom. The summed E-state index contributed by atoms with van der Waals surface area (Å²) in [5.41, 5.74) is 3.95. The number of anilines is 1. The van der Waals surface area contributed by atoms with Crippen molar-refractivity contribution in [3.8, 4) is 0 Å². The van der Waals surface area contributed by atoms with Crippen LogP contribution in [0.4, 0.5) is 5.69 Å². The molecule has 0 aliphatic heterocycles. The van der Waals surface area contributed by atoms with Gasteiger partial charge >= 0.3 is 0 Å². The molecule has 4 nitrogen and oxygen atoms in total. The third kappa shape index (κ3) is 6.57. The van der Waals surface area contributed by atoms with Gasteiger partial charge in [0.25, 0.3) is 0 Å². The van der Waals surface area contributed by atoms with Crippen molar-refractivity contribution in [3.05, 3.63) is 240 Å². The van der Waals surface area contributed by atoms with Crippen LogP contribution in [0.15, 0.2) is 207 Å². The Labute approximate surface area is 282 Å². The van der Waals surface area contributed by atoms with Crippen LogP contribution < -0.4 is 5.32 Å². The lowest BCUT2D eigenvalue weighted by atomic mass is 9.68. The molecule has 0 aliphatic rings. The maximum Gasteiger partial charge on any atom is 0.244 e. The molecule has 0 atom stereocenters. The molecule has 0 bridgehead atoms. The number of nitrogens with one attached hydrogen (secondary N) is 1. The second-order valence-corrected chi connectivity index (χ2v) is 11.3. The maximum absolute atomic E-state index is 13.9. The number of carbonyl (C=O) groups is 1. The van der Waals surface area contributed by atoms with Gasteiger partial charge < -0.3 is 10.4 Å². The van der Waals surface area contributed by atoms with Crippen molar-refractivity contribution < 1.29 is 9.90 Å². The van der Waals surface area contributed by atoms with Crippen molar-refractivity contribution in [2.45, 2.75) is 11.0 Å². The highest BCUT2D eigenvalue weighted by atomic mass is 16.3. The van der Waals surface area contributed by atoms with Gasteiger partial charge in [-0.2, -0.15) is 0 Å². The molecule has 4 heteroatoms. The Morgan fingerprint density at radius 2 is 0.708 bits per heavy atom. The van der Waals surface area contributed by atoms with Gasteiger partial charge in [0.1, 0.15) is 11.0 Å². The Hall–Kier alpha value is -6.10. The minimum Gasteiger partial charge on any atom is -0.376 e. The predicted molar refractivity (Wildman–Crippen MR) is 194 cm³/mol. The summed E-state index contributed by atoms with van der Waals surface area (Å²) in [6, 6.07) is 62.6. The van der Waals surface area contributed by atoms with Crippen molar-refractivity contribution >= 4 is 11.6 Å². The Bertz CT molecular complexity index is 1800. The van der Waals surface area contributed by atoms with Crippen molar-refractivity contribution in [1.82, 2.24) is 4.98 Å². The third-order valence-corrected chi connectivity index (χ3v) is 8.47. The van der Waals surface area contributed by atoms with Gasteiger partial charge in [-0.15, -0.1) is 0 Å². The molecule has 0 fully saturated rings. The van der Waals surface area contributed by atoms with Gasteiger partial charge in [-0.25, -0.2) is 0 Å². The monoisotopic (exact) mass is 624 g/mol. The van der Waals surface area contributed by atoms with Crippen molar-refractivity contribution in [2.24, 2.45) is 0 Å². The number of carbonyl (C=O) groups excluding carboxylic acids is 1. The fourth-order valence-corrected chi connectivity index (χ4v) is 6.16. The van der Waals surface area contributed by atoms with E-state index in [1.54, 1.807) is 12.4 Å². The molecule has 1 heterocycles. The number of benzene rings is 6. The normalized spacial score (nSPS) is 11.1. The average molecular weight is 625 g/mol. The molecule has 0 radical (unpaired) electrons. The first kappa shape index (κ1) is 31.9. The van der Waals surface area contributed by atoms with Crippen LogP contribution in [0.3, 0.4) is 0 Å². The van der Waals surface area contributed by atoms with Gasteiger partial charge in [0.2, 0.25) is 5.91 Å². The van der Waals surface area contributed by atoms with E-state index in [0.29, 0.717) is 0 Å². The second kappa shape index (κ2) is 15.0. The summed E-state index contributed by atoms with van der Waals surface area (Å²) in [4.78, 5) is 18.0. The van der Waals surface area contributed by atoms with E-state index in [9.17, 15) is 9.90 Å². The van der Waals surface area contributed by atoms with Crippen LogP contribution in [0.2, 0.25) is 0 Å². The van der Waals surface area contributed by atoms with Gasteiger partial charge in [-0.1, -0.05) is 170 Å². The summed E-state index contributed by atoms with van der Waals surface area (Å²) in [6.45, 7) is 0. The standard InChI is InChI=1S/C26H21NO.C18H15NO/c28-25(27-24-19-11-4-12-20-24)26(21-13-5-1-6-14-21,22-15-7-2-8-16-22)23-17-9-3-10-18-23;20-18(15-7-3-1-4-8-15,16-9-5-2-6-10-16)17-11-13-19-14-12-17/h1-20H,(H,27,28);1-14,20H. The van der Waals surface area contributed by atoms with E-state index in [1.807, 2.05) is 194 Å². The molecule has 7 aromatic rings. The van der Waals surface area contributed by atoms with Crippen molar-refractivity contribution in [2.75, 3.05) is 5.32 Å². The van der Waals surface area contributed by atoms with E-state index in [2.05, 4.69) is 10.3 Å². The molecule has 1 amide bonds. The van der Waals surface area contributed by atoms with E-state index >= 15 is 0 Å². The van der Waals surface area contributed by atoms with Crippen LogP contribution in [-0.2, 0) is 15.8 Å². The molecular weight excluding hydrogens is 588 g/mol. The SMILES string of the molecule is O=C(Nc1ccccc1)C(c1ccccc1)(c1ccccc1)c1ccccc1.OC(c1ccccc1)(c1ccccc1)c1ccncc1. The molecule has 6 aromatic carbocycles. The van der Waals surface area contributed by atoms with Crippen LogP contribution in [-0.4, -0.2) is 16.0 Å². The molecule has 48 heavy (non-hydrogen) atoms. The summed E-state index contributed by atoms with van der Waals surface area (Å²) < 4.78 is 0. The molecule has 0 saturated heterocycles. The van der Waals surface area contributed by atoms with Gasteiger partial charge in [0.05, 0.1) is 0 Å². The van der Waals surface area contributed by atoms with E-state index in [1.165, 1.54) is 0 Å². The zero-order valence-corrected chi connectivity index (χ0v) is 26.4. The minimum absolute atomic E-state index is 0.0812. The number of amides is 1. The average Bonchev–Trinajstić information content (AvgIpc) is 3.18. The quantitative estimate of drug-likeness (QED) is 0.166. The number of pyridine rings is 1. The third-order valence-electron chi connectivity index (χ3n) is 8.47. The molecule has 2 N–H and O–H groups in total. The van der Waals surface area contributed by atoms with Crippen LogP contribution in [0, 0.1) is 0 Å². The van der Waals surface area contributed by atoms with Gasteiger partial charge in [0.15, 0.2) is 0 Å². The second-order valence-electron chi connectivity index (χ2n) is 11.3. The number of hydrogen-bond acceptors (Lipinski definition) is 3. The summed E-state index contributed by atoms with van der Waals surface area (Å²) in [6.07, 6.45) is 3.40. The number of rotatable bonds is 8. The van der Waals surface area contributed by atoms with E-state index in [-0.39, 0.29) is 5.91 Å². The first-order valence-electron chi connectivity index (χ1n) is 15.9. The summed E-state index contributed by atoms with van der Waals surface area (Å²) in [7, 11) is 0. The molecule has 7 rings (SSSR count). The molecule has 234 valence electrons. The Balaban J connectivity index is 0.000000177. The predicted octanol–water partition coefficient (Wildman–Crippen LogP) is 9.03. The topological polar surface area (TPSA) is 62.2 Å². The van der Waals surface area contributed by atoms with E-state index < -0.39 is 11.0 Å². The fourth-order valence-electron chi connectivity index (χ4n) is 6.16. The number of aromatic nitrogens is 1. The van der Waals surface area contributed by atoms with Crippen molar-refractivity contribution in [3.63, 3.8) is 0 Å². The lowest BCUT2D eigenvalue weighted by Gasteiger charge is -2.34. The molecule has 0 saturated carbocycles. The maximum atomic E-state index is 13.9. The molecular formula is C44H36N2O2. The zero-order valence-electron chi connectivity index (χ0n) is 26.4. The van der Waals surface area contributed by atoms with Gasteiger partial charge in [0, 0.05) is 18.1 Å². The molecule has 0 spiro atoms. The number of para-hydroxylation sites is 1. The summed E-state index contributed by atoms with van der Waals surface area (Å²) >= 11 is 0. The molecule has 0 aliphatic carbocycles. The van der Waals surface area contributed by atoms with E-state index in [4.69, 9.17) is 0 Å². The highest BCUT2D eigenvalue weighted by Gasteiger charge is 2.43. The van der Waals surface area contributed by atoms with Crippen LogP contribution in [0.5, 0.6) is 0 Å². The Morgan fingerprint density at radius 3 is 1.06 bits per heavy atom. The zero-order chi connectivity index (χ0) is 33.1. The molecule has 1 aromatic heterocycles. The fraction of sp³-hybridized carbons (Fsp3) is 0.0455. The number of nitrogens with zero attached hydrogens (tertiary/aromatic N) is 1. The highest BCUT2D eigenvalue weighted by molar-refractivity contribution is 6.04. The van der Waals surface area contributed by atoms with Crippen LogP contribution in [0.1, 0.15) is 33.4 Å².